The van der Waals surface area contributed by atoms with Gasteiger partial charge in [-0.25, -0.2) is 0 Å². The molecular weight excluding hydrogens is 506 g/mol. The lowest BCUT2D eigenvalue weighted by molar-refractivity contribution is -0.138. The van der Waals surface area contributed by atoms with Crippen molar-refractivity contribution in [3.8, 4) is 22.3 Å². The molecule has 4 heterocycles. The Morgan fingerprint density at radius 1 is 1.02 bits per heavy atom. The van der Waals surface area contributed by atoms with Gasteiger partial charge in [-0.3, -0.25) is 24.2 Å². The molecule has 0 aliphatic carbocycles. The van der Waals surface area contributed by atoms with Gasteiger partial charge in [0, 0.05) is 70.1 Å². The summed E-state index contributed by atoms with van der Waals surface area (Å²) in [5, 5.41) is 14.0. The first-order valence-corrected chi connectivity index (χ1v) is 14.0. The van der Waals surface area contributed by atoms with Crippen LogP contribution in [0.15, 0.2) is 65.9 Å². The Kier molecular flexibility index (Phi) is 7.02. The maximum atomic E-state index is 13.8. The van der Waals surface area contributed by atoms with Crippen molar-refractivity contribution >= 4 is 17.6 Å². The van der Waals surface area contributed by atoms with Gasteiger partial charge in [-0.15, -0.1) is 0 Å². The van der Waals surface area contributed by atoms with Gasteiger partial charge in [0.15, 0.2) is 0 Å². The largest absolute Gasteiger partial charge is 0.384 e. The zero-order chi connectivity index (χ0) is 27.9. The fourth-order valence-electron chi connectivity index (χ4n) is 6.02. The summed E-state index contributed by atoms with van der Waals surface area (Å²) < 4.78 is 7.36. The molecule has 6 rings (SSSR count). The third-order valence-corrected chi connectivity index (χ3v) is 8.33. The minimum atomic E-state index is -1.01. The van der Waals surface area contributed by atoms with Gasteiger partial charge in [0.1, 0.15) is 17.5 Å². The van der Waals surface area contributed by atoms with E-state index in [0.29, 0.717) is 51.5 Å². The number of likely N-dealkylation sites (tertiary alicyclic amines) is 1. The lowest BCUT2D eigenvalue weighted by Crippen LogP contribution is -2.47. The van der Waals surface area contributed by atoms with Gasteiger partial charge in [-0.2, -0.15) is 5.10 Å². The summed E-state index contributed by atoms with van der Waals surface area (Å²) in [7, 11) is 1.91. The molecule has 3 aliphatic heterocycles. The van der Waals surface area contributed by atoms with Crippen molar-refractivity contribution < 1.29 is 19.4 Å². The van der Waals surface area contributed by atoms with E-state index in [9.17, 15) is 14.7 Å². The van der Waals surface area contributed by atoms with Crippen molar-refractivity contribution in [3.63, 3.8) is 0 Å². The molecular formula is C31H35N5O4. The second-order valence-electron chi connectivity index (χ2n) is 11.2. The van der Waals surface area contributed by atoms with E-state index < -0.39 is 11.6 Å². The molecule has 1 unspecified atom stereocenters. The maximum absolute atomic E-state index is 13.8. The average Bonchev–Trinajstić information content (AvgIpc) is 3.69. The highest BCUT2D eigenvalue weighted by Gasteiger charge is 2.50. The fourth-order valence-corrected chi connectivity index (χ4v) is 6.02. The molecule has 9 nitrogen and oxygen atoms in total. The Balaban J connectivity index is 1.23. The number of aryl methyl sites for hydroxylation is 1. The van der Waals surface area contributed by atoms with Crippen LogP contribution in [0.2, 0.25) is 0 Å². The Bertz CT molecular complexity index is 1420. The summed E-state index contributed by atoms with van der Waals surface area (Å²) >= 11 is 0. The Labute approximate surface area is 234 Å². The number of carbonyl (C=O) groups excluding carboxylic acids is 2. The smallest absolute Gasteiger partial charge is 0.256 e. The number of amides is 2. The van der Waals surface area contributed by atoms with Gasteiger partial charge in [-0.05, 0) is 36.0 Å². The first kappa shape index (κ1) is 26.4. The first-order chi connectivity index (χ1) is 19.3. The number of amidine groups is 1. The third kappa shape index (κ3) is 4.95. The summed E-state index contributed by atoms with van der Waals surface area (Å²) in [6.07, 6.45) is 4.78. The van der Waals surface area contributed by atoms with Crippen LogP contribution in [-0.2, 0) is 21.4 Å². The van der Waals surface area contributed by atoms with E-state index in [0.717, 1.165) is 34.2 Å². The van der Waals surface area contributed by atoms with Gasteiger partial charge >= 0.3 is 0 Å². The molecule has 1 aromatic heterocycles. The molecule has 0 radical (unpaired) electrons. The second-order valence-corrected chi connectivity index (χ2v) is 11.2. The van der Waals surface area contributed by atoms with Gasteiger partial charge in [0.2, 0.25) is 0 Å². The highest BCUT2D eigenvalue weighted by atomic mass is 16.5. The maximum Gasteiger partial charge on any atom is 0.256 e. The molecule has 2 fully saturated rings. The van der Waals surface area contributed by atoms with E-state index in [2.05, 4.69) is 41.5 Å². The van der Waals surface area contributed by atoms with Crippen LogP contribution in [0.5, 0.6) is 0 Å². The van der Waals surface area contributed by atoms with Crippen molar-refractivity contribution in [2.24, 2.45) is 18.0 Å². The fraction of sp³-hybridized carbons (Fsp3) is 0.419. The molecule has 40 heavy (non-hydrogen) atoms. The predicted molar refractivity (Wildman–Crippen MR) is 151 cm³/mol. The molecule has 208 valence electrons. The minimum absolute atomic E-state index is 0.0289. The molecule has 2 aromatic carbocycles. The van der Waals surface area contributed by atoms with Gasteiger partial charge < -0.3 is 14.7 Å². The molecule has 0 bridgehead atoms. The van der Waals surface area contributed by atoms with E-state index in [4.69, 9.17) is 9.73 Å². The number of aliphatic hydroxyl groups excluding tert-OH is 1. The van der Waals surface area contributed by atoms with Gasteiger partial charge in [0.05, 0.1) is 6.20 Å². The van der Waals surface area contributed by atoms with Crippen LogP contribution in [0.25, 0.3) is 22.3 Å². The standard InChI is InChI=1S/C31H35N5O4/c1-21(37)29(38)35-14-11-22(18-35)19-36-28(33-31(30(36)39)12-15-40-16-13-31)26-9-7-24(8-10-26)23-3-5-25(6-4-23)27-17-32-34(2)20-27/h3-10,17,20-22,37H,11-16,18-19H2,1-2H3/t21?,22-/m1/s1. The highest BCUT2D eigenvalue weighted by molar-refractivity contribution is 6.15. The van der Waals surface area contributed by atoms with E-state index in [1.807, 2.05) is 36.5 Å². The molecule has 2 amide bonds. The zero-order valence-corrected chi connectivity index (χ0v) is 23.0. The summed E-state index contributed by atoms with van der Waals surface area (Å²) in [5.41, 5.74) is 4.52. The number of hydrogen-bond acceptors (Lipinski definition) is 6. The zero-order valence-electron chi connectivity index (χ0n) is 23.0. The number of aliphatic imine (C=N–C) groups is 1. The number of rotatable bonds is 6. The summed E-state index contributed by atoms with van der Waals surface area (Å²) in [6, 6.07) is 16.7. The topological polar surface area (TPSA) is 100 Å². The van der Waals surface area contributed by atoms with Crippen LogP contribution in [0.4, 0.5) is 0 Å². The third-order valence-electron chi connectivity index (χ3n) is 8.33. The van der Waals surface area contributed by atoms with E-state index >= 15 is 0 Å². The predicted octanol–water partition coefficient (Wildman–Crippen LogP) is 3.12. The average molecular weight is 542 g/mol. The molecule has 2 saturated heterocycles. The van der Waals surface area contributed by atoms with Crippen molar-refractivity contribution in [2.75, 3.05) is 32.8 Å². The highest BCUT2D eigenvalue weighted by Crippen LogP contribution is 2.36. The lowest BCUT2D eigenvalue weighted by atomic mass is 9.90. The number of aliphatic hydroxyl groups is 1. The molecule has 1 N–H and O–H groups in total. The number of ether oxygens (including phenoxy) is 1. The molecule has 0 saturated carbocycles. The van der Waals surface area contributed by atoms with E-state index in [1.54, 1.807) is 9.58 Å². The lowest BCUT2D eigenvalue weighted by Gasteiger charge is -2.30. The number of carbonyl (C=O) groups is 2. The van der Waals surface area contributed by atoms with E-state index in [-0.39, 0.29) is 17.7 Å². The van der Waals surface area contributed by atoms with Gasteiger partial charge in [0.25, 0.3) is 11.8 Å². The number of hydrogen-bond donors (Lipinski definition) is 1. The Hall–Kier alpha value is -3.82. The van der Waals surface area contributed by atoms with Crippen LogP contribution in [0.1, 0.15) is 31.7 Å². The van der Waals surface area contributed by atoms with Crippen LogP contribution in [-0.4, -0.2) is 86.8 Å². The van der Waals surface area contributed by atoms with Crippen LogP contribution >= 0.6 is 0 Å². The van der Waals surface area contributed by atoms with E-state index in [1.165, 1.54) is 6.92 Å². The van der Waals surface area contributed by atoms with Crippen LogP contribution in [0, 0.1) is 5.92 Å². The molecule has 3 aliphatic rings. The number of aromatic nitrogens is 2. The Morgan fingerprint density at radius 3 is 2.20 bits per heavy atom. The summed E-state index contributed by atoms with van der Waals surface area (Å²) in [4.78, 5) is 34.8. The second kappa shape index (κ2) is 10.6. The minimum Gasteiger partial charge on any atom is -0.384 e. The van der Waals surface area contributed by atoms with Crippen molar-refractivity contribution in [3.05, 3.63) is 66.5 Å². The Morgan fingerprint density at radius 2 is 1.62 bits per heavy atom. The normalized spacial score (nSPS) is 21.2. The van der Waals surface area contributed by atoms with Crippen LogP contribution < -0.4 is 0 Å². The first-order valence-electron chi connectivity index (χ1n) is 14.0. The van der Waals surface area contributed by atoms with Crippen molar-refractivity contribution in [2.45, 2.75) is 37.8 Å². The van der Waals surface area contributed by atoms with Gasteiger partial charge in [-0.1, -0.05) is 48.5 Å². The van der Waals surface area contributed by atoms with Crippen molar-refractivity contribution in [1.82, 2.24) is 19.6 Å². The number of nitrogens with zero attached hydrogens (tertiary/aromatic N) is 5. The summed E-state index contributed by atoms with van der Waals surface area (Å²) in [5.74, 6) is 0.602. The SMILES string of the molecule is CC(O)C(=O)N1CC[C@@H](CN2C(=O)C3(CCOCC3)N=C2c2ccc(-c3ccc(-c4cnn(C)c4)cc3)cc2)C1. The monoisotopic (exact) mass is 541 g/mol. The van der Waals surface area contributed by atoms with Crippen molar-refractivity contribution in [1.29, 1.82) is 0 Å². The summed E-state index contributed by atoms with van der Waals surface area (Å²) in [6.45, 7) is 4.16. The quantitative estimate of drug-likeness (QED) is 0.517. The molecule has 9 heteroatoms. The van der Waals surface area contributed by atoms with Crippen LogP contribution in [0.3, 0.4) is 0 Å². The molecule has 3 aromatic rings. The number of benzene rings is 2. The molecule has 2 atom stereocenters. The molecule has 1 spiro atoms.